The molecule has 0 radical (unpaired) electrons. The predicted molar refractivity (Wildman–Crippen MR) is 125 cm³/mol. The number of aliphatic imine (C=N–C) groups is 1. The molecule has 0 unspecified atom stereocenters. The van der Waals surface area contributed by atoms with Crippen LogP contribution in [0.5, 0.6) is 5.75 Å². The molecule has 8 nitrogen and oxygen atoms in total. The molecule has 0 saturated carbocycles. The van der Waals surface area contributed by atoms with Gasteiger partial charge < -0.3 is 20.1 Å². The number of benzene rings is 1. The molecular formula is C20H31IN6O2. The fourth-order valence-corrected chi connectivity index (χ4v) is 3.05. The molecule has 1 aromatic carbocycles. The van der Waals surface area contributed by atoms with E-state index in [0.29, 0.717) is 19.7 Å². The van der Waals surface area contributed by atoms with Crippen LogP contribution in [0.25, 0.3) is 0 Å². The normalized spacial score (nSPS) is 14.9. The lowest BCUT2D eigenvalue weighted by Gasteiger charge is -2.26. The second-order valence-corrected chi connectivity index (χ2v) is 6.64. The number of aromatic nitrogens is 2. The molecule has 2 N–H and O–H groups in total. The van der Waals surface area contributed by atoms with Gasteiger partial charge in [0, 0.05) is 52.0 Å². The number of ether oxygens (including phenoxy) is 2. The van der Waals surface area contributed by atoms with E-state index in [9.17, 15) is 0 Å². The highest BCUT2D eigenvalue weighted by Gasteiger charge is 2.11. The predicted octanol–water partition coefficient (Wildman–Crippen LogP) is 1.61. The van der Waals surface area contributed by atoms with Crippen LogP contribution in [0.1, 0.15) is 11.3 Å². The molecule has 0 atom stereocenters. The molecule has 0 aliphatic carbocycles. The first kappa shape index (κ1) is 23.4. The van der Waals surface area contributed by atoms with Crippen molar-refractivity contribution in [3.05, 3.63) is 47.8 Å². The number of nitrogens with one attached hydrogen (secondary N) is 2. The Labute approximate surface area is 189 Å². The summed E-state index contributed by atoms with van der Waals surface area (Å²) in [7, 11) is 3.70. The van der Waals surface area contributed by atoms with Crippen molar-refractivity contribution in [2.24, 2.45) is 12.0 Å². The number of hydrogen-bond donors (Lipinski definition) is 2. The van der Waals surface area contributed by atoms with Crippen molar-refractivity contribution in [2.75, 3.05) is 46.5 Å². The maximum atomic E-state index is 6.05. The van der Waals surface area contributed by atoms with Crippen LogP contribution in [0.2, 0.25) is 0 Å². The van der Waals surface area contributed by atoms with E-state index in [1.807, 2.05) is 36.0 Å². The third-order valence-electron chi connectivity index (χ3n) is 4.77. The summed E-state index contributed by atoms with van der Waals surface area (Å²) in [6, 6.07) is 10.1. The first-order valence-corrected chi connectivity index (χ1v) is 9.68. The average molecular weight is 514 g/mol. The average Bonchev–Trinajstić information content (AvgIpc) is 3.14. The third-order valence-corrected chi connectivity index (χ3v) is 4.77. The van der Waals surface area contributed by atoms with Gasteiger partial charge in [0.25, 0.3) is 0 Å². The lowest BCUT2D eigenvalue weighted by Crippen LogP contribution is -2.38. The monoisotopic (exact) mass is 514 g/mol. The van der Waals surface area contributed by atoms with Crippen LogP contribution in [0, 0.1) is 0 Å². The van der Waals surface area contributed by atoms with E-state index in [0.717, 1.165) is 55.8 Å². The van der Waals surface area contributed by atoms with Gasteiger partial charge in [0.15, 0.2) is 5.96 Å². The molecule has 2 aromatic rings. The molecule has 160 valence electrons. The van der Waals surface area contributed by atoms with Gasteiger partial charge >= 0.3 is 0 Å². The molecule has 1 fully saturated rings. The van der Waals surface area contributed by atoms with Crippen molar-refractivity contribution in [3.63, 3.8) is 0 Å². The Morgan fingerprint density at radius 1 is 1.17 bits per heavy atom. The van der Waals surface area contributed by atoms with Crippen LogP contribution >= 0.6 is 24.0 Å². The van der Waals surface area contributed by atoms with Crippen molar-refractivity contribution in [1.82, 2.24) is 25.3 Å². The van der Waals surface area contributed by atoms with E-state index in [2.05, 4.69) is 31.7 Å². The number of guanidine groups is 1. The second kappa shape index (κ2) is 12.7. The zero-order chi connectivity index (χ0) is 19.6. The van der Waals surface area contributed by atoms with Gasteiger partial charge in [-0.25, -0.2) is 0 Å². The molecule has 2 heterocycles. The quantitative estimate of drug-likeness (QED) is 0.317. The van der Waals surface area contributed by atoms with E-state index >= 15 is 0 Å². The Morgan fingerprint density at radius 2 is 1.93 bits per heavy atom. The zero-order valence-electron chi connectivity index (χ0n) is 17.1. The topological polar surface area (TPSA) is 75.9 Å². The van der Waals surface area contributed by atoms with Gasteiger partial charge in [-0.2, -0.15) is 5.10 Å². The fraction of sp³-hybridized carbons (Fsp3) is 0.500. The minimum atomic E-state index is 0. The van der Waals surface area contributed by atoms with Gasteiger partial charge in [-0.1, -0.05) is 18.2 Å². The number of morpholine rings is 1. The number of halogens is 1. The van der Waals surface area contributed by atoms with Crippen LogP contribution in [-0.2, 0) is 24.9 Å². The van der Waals surface area contributed by atoms with Gasteiger partial charge in [0.2, 0.25) is 0 Å². The van der Waals surface area contributed by atoms with E-state index < -0.39 is 0 Å². The first-order valence-electron chi connectivity index (χ1n) is 9.68. The molecule has 1 aromatic heterocycles. The Kier molecular flexibility index (Phi) is 10.2. The van der Waals surface area contributed by atoms with Crippen LogP contribution in [-0.4, -0.2) is 67.1 Å². The Hall–Kier alpha value is -1.85. The number of para-hydroxylation sites is 1. The van der Waals surface area contributed by atoms with Gasteiger partial charge in [0.05, 0.1) is 25.5 Å². The summed E-state index contributed by atoms with van der Waals surface area (Å²) in [5, 5.41) is 10.8. The smallest absolute Gasteiger partial charge is 0.191 e. The summed E-state index contributed by atoms with van der Waals surface area (Å²) in [5.41, 5.74) is 2.20. The summed E-state index contributed by atoms with van der Waals surface area (Å²) < 4.78 is 13.3. The Balaban J connectivity index is 0.00000300. The molecule has 0 spiro atoms. The maximum Gasteiger partial charge on any atom is 0.191 e. The van der Waals surface area contributed by atoms with Crippen molar-refractivity contribution < 1.29 is 9.47 Å². The van der Waals surface area contributed by atoms with Crippen LogP contribution in [0.4, 0.5) is 0 Å². The highest BCUT2D eigenvalue weighted by Crippen LogP contribution is 2.17. The molecule has 1 aliphatic heterocycles. The lowest BCUT2D eigenvalue weighted by molar-refractivity contribution is 0.0322. The Bertz CT molecular complexity index is 761. The molecule has 3 rings (SSSR count). The van der Waals surface area contributed by atoms with E-state index in [4.69, 9.17) is 9.47 Å². The number of aryl methyl sites for hydroxylation is 1. The number of rotatable bonds is 8. The van der Waals surface area contributed by atoms with E-state index in [-0.39, 0.29) is 24.0 Å². The van der Waals surface area contributed by atoms with Gasteiger partial charge in [-0.15, -0.1) is 24.0 Å². The summed E-state index contributed by atoms with van der Waals surface area (Å²) >= 11 is 0. The van der Waals surface area contributed by atoms with Crippen molar-refractivity contribution in [1.29, 1.82) is 0 Å². The second-order valence-electron chi connectivity index (χ2n) is 6.64. The summed E-state index contributed by atoms with van der Waals surface area (Å²) in [6.07, 6.45) is 1.79. The molecule has 9 heteroatoms. The van der Waals surface area contributed by atoms with Gasteiger partial charge in [-0.3, -0.25) is 14.6 Å². The molecular weight excluding hydrogens is 483 g/mol. The van der Waals surface area contributed by atoms with E-state index in [1.165, 1.54) is 0 Å². The molecule has 1 saturated heterocycles. The molecule has 0 bridgehead atoms. The van der Waals surface area contributed by atoms with Crippen LogP contribution in [0.15, 0.2) is 41.5 Å². The molecule has 29 heavy (non-hydrogen) atoms. The summed E-state index contributed by atoms with van der Waals surface area (Å²) in [6.45, 7) is 6.46. The van der Waals surface area contributed by atoms with Crippen molar-refractivity contribution in [2.45, 2.75) is 13.1 Å². The standard InChI is InChI=1S/C20H30N6O2.HI/c1-21-20(23-16-18-7-8-24-25(18)2)22-15-17-5-3-4-6-19(17)28-14-11-26-9-12-27-13-10-26;/h3-8H,9-16H2,1-2H3,(H2,21,22,23);1H. The first-order chi connectivity index (χ1) is 13.8. The van der Waals surface area contributed by atoms with E-state index in [1.54, 1.807) is 13.2 Å². The van der Waals surface area contributed by atoms with Gasteiger partial charge in [0.1, 0.15) is 12.4 Å². The third kappa shape index (κ3) is 7.48. The van der Waals surface area contributed by atoms with Crippen LogP contribution < -0.4 is 15.4 Å². The highest BCUT2D eigenvalue weighted by molar-refractivity contribution is 14.0. The minimum absolute atomic E-state index is 0. The zero-order valence-corrected chi connectivity index (χ0v) is 19.5. The summed E-state index contributed by atoms with van der Waals surface area (Å²) in [5.74, 6) is 1.65. The maximum absolute atomic E-state index is 6.05. The van der Waals surface area contributed by atoms with Crippen molar-refractivity contribution >= 4 is 29.9 Å². The van der Waals surface area contributed by atoms with Crippen LogP contribution in [0.3, 0.4) is 0 Å². The van der Waals surface area contributed by atoms with Crippen molar-refractivity contribution in [3.8, 4) is 5.75 Å². The Morgan fingerprint density at radius 3 is 2.66 bits per heavy atom. The minimum Gasteiger partial charge on any atom is -0.492 e. The molecule has 1 aliphatic rings. The van der Waals surface area contributed by atoms with Gasteiger partial charge in [-0.05, 0) is 12.1 Å². The summed E-state index contributed by atoms with van der Waals surface area (Å²) in [4.78, 5) is 6.66. The highest BCUT2D eigenvalue weighted by atomic mass is 127. The largest absolute Gasteiger partial charge is 0.492 e. The fourth-order valence-electron chi connectivity index (χ4n) is 3.05. The number of hydrogen-bond acceptors (Lipinski definition) is 5. The molecule has 0 amide bonds. The number of nitrogens with zero attached hydrogens (tertiary/aromatic N) is 4. The lowest BCUT2D eigenvalue weighted by atomic mass is 10.2. The SMILES string of the molecule is CN=C(NCc1ccccc1OCCN1CCOCC1)NCc1ccnn1C.I.